The summed E-state index contributed by atoms with van der Waals surface area (Å²) in [7, 11) is 0. The zero-order valence-corrected chi connectivity index (χ0v) is 9.70. The summed E-state index contributed by atoms with van der Waals surface area (Å²) in [6, 6.07) is 11.8. The molecule has 1 aromatic heterocycles. The Hall–Kier alpha value is -1.61. The molecule has 0 saturated heterocycles. The van der Waals surface area contributed by atoms with Crippen LogP contribution < -0.4 is 0 Å². The monoisotopic (exact) mass is 232 g/mol. The number of carbonyl (C=O) groups is 1. The summed E-state index contributed by atoms with van der Waals surface area (Å²) in [4.78, 5) is 11.2. The van der Waals surface area contributed by atoms with Gasteiger partial charge in [-0.15, -0.1) is 11.3 Å². The SMILES string of the molecule is CC(c1ccccc1)c1csc(C(=O)O)c1. The summed E-state index contributed by atoms with van der Waals surface area (Å²) in [6.45, 7) is 2.09. The van der Waals surface area contributed by atoms with Crippen molar-refractivity contribution in [2.24, 2.45) is 0 Å². The third-order valence-electron chi connectivity index (χ3n) is 2.63. The lowest BCUT2D eigenvalue weighted by Crippen LogP contribution is -1.95. The van der Waals surface area contributed by atoms with Crippen LogP contribution in [0.4, 0.5) is 0 Å². The van der Waals surface area contributed by atoms with E-state index >= 15 is 0 Å². The number of rotatable bonds is 3. The molecule has 0 spiro atoms. The van der Waals surface area contributed by atoms with Gasteiger partial charge >= 0.3 is 5.97 Å². The third kappa shape index (κ3) is 2.14. The van der Waals surface area contributed by atoms with Gasteiger partial charge in [-0.1, -0.05) is 37.3 Å². The summed E-state index contributed by atoms with van der Waals surface area (Å²) in [6.07, 6.45) is 0. The van der Waals surface area contributed by atoms with E-state index in [1.807, 2.05) is 23.6 Å². The van der Waals surface area contributed by atoms with Crippen molar-refractivity contribution in [1.82, 2.24) is 0 Å². The van der Waals surface area contributed by atoms with Crippen molar-refractivity contribution in [3.63, 3.8) is 0 Å². The molecule has 1 atom stereocenters. The highest BCUT2D eigenvalue weighted by Crippen LogP contribution is 2.27. The van der Waals surface area contributed by atoms with Gasteiger partial charge in [-0.3, -0.25) is 0 Å². The van der Waals surface area contributed by atoms with Crippen molar-refractivity contribution in [3.05, 3.63) is 57.8 Å². The van der Waals surface area contributed by atoms with Crippen LogP contribution >= 0.6 is 11.3 Å². The Morgan fingerprint density at radius 1 is 1.25 bits per heavy atom. The van der Waals surface area contributed by atoms with Crippen LogP contribution in [0.1, 0.15) is 33.6 Å². The second-order valence-corrected chi connectivity index (χ2v) is 4.59. The molecule has 0 saturated carbocycles. The average molecular weight is 232 g/mol. The van der Waals surface area contributed by atoms with E-state index in [-0.39, 0.29) is 5.92 Å². The lowest BCUT2D eigenvalue weighted by Gasteiger charge is -2.09. The Morgan fingerprint density at radius 3 is 2.50 bits per heavy atom. The first kappa shape index (κ1) is 10.9. The normalized spacial score (nSPS) is 12.3. The molecular formula is C13H12O2S. The van der Waals surface area contributed by atoms with Gasteiger partial charge in [0.25, 0.3) is 0 Å². The summed E-state index contributed by atoms with van der Waals surface area (Å²) in [5.41, 5.74) is 2.27. The first-order chi connectivity index (χ1) is 7.68. The molecule has 0 fully saturated rings. The Bertz CT molecular complexity index is 488. The molecule has 16 heavy (non-hydrogen) atoms. The smallest absolute Gasteiger partial charge is 0.345 e. The number of hydrogen-bond donors (Lipinski definition) is 1. The minimum atomic E-state index is -0.850. The van der Waals surface area contributed by atoms with Gasteiger partial charge in [0.2, 0.25) is 0 Å². The zero-order valence-electron chi connectivity index (χ0n) is 8.88. The maximum Gasteiger partial charge on any atom is 0.345 e. The van der Waals surface area contributed by atoms with Crippen LogP contribution in [0.3, 0.4) is 0 Å². The van der Waals surface area contributed by atoms with Crippen LogP contribution in [0.2, 0.25) is 0 Å². The summed E-state index contributed by atoms with van der Waals surface area (Å²) >= 11 is 1.28. The van der Waals surface area contributed by atoms with Crippen molar-refractivity contribution in [3.8, 4) is 0 Å². The average Bonchev–Trinajstić information content (AvgIpc) is 2.78. The van der Waals surface area contributed by atoms with Gasteiger partial charge in [-0.25, -0.2) is 4.79 Å². The summed E-state index contributed by atoms with van der Waals surface area (Å²) < 4.78 is 0. The molecule has 82 valence electrons. The maximum absolute atomic E-state index is 10.8. The quantitative estimate of drug-likeness (QED) is 0.878. The number of carboxylic acids is 1. The maximum atomic E-state index is 10.8. The second kappa shape index (κ2) is 4.49. The van der Waals surface area contributed by atoms with Gasteiger partial charge in [-0.2, -0.15) is 0 Å². The summed E-state index contributed by atoms with van der Waals surface area (Å²) in [5, 5.41) is 10.8. The predicted octanol–water partition coefficient (Wildman–Crippen LogP) is 3.60. The molecule has 1 heterocycles. The van der Waals surface area contributed by atoms with Crippen molar-refractivity contribution in [1.29, 1.82) is 0 Å². The molecule has 0 aliphatic heterocycles. The third-order valence-corrected chi connectivity index (χ3v) is 3.57. The molecule has 1 N–H and O–H groups in total. The van der Waals surface area contributed by atoms with Crippen molar-refractivity contribution in [2.75, 3.05) is 0 Å². The molecule has 2 nitrogen and oxygen atoms in total. The molecular weight excluding hydrogens is 220 g/mol. The van der Waals surface area contributed by atoms with Gasteiger partial charge < -0.3 is 5.11 Å². The topological polar surface area (TPSA) is 37.3 Å². The molecule has 1 aromatic carbocycles. The Kier molecular flexibility index (Phi) is 3.06. The molecule has 1 unspecified atom stereocenters. The van der Waals surface area contributed by atoms with E-state index in [1.54, 1.807) is 6.07 Å². The van der Waals surface area contributed by atoms with E-state index < -0.39 is 5.97 Å². The fourth-order valence-corrected chi connectivity index (χ4v) is 2.46. The lowest BCUT2D eigenvalue weighted by molar-refractivity contribution is 0.0702. The van der Waals surface area contributed by atoms with E-state index in [0.717, 1.165) is 5.56 Å². The predicted molar refractivity (Wildman–Crippen MR) is 65.2 cm³/mol. The van der Waals surface area contributed by atoms with Crippen molar-refractivity contribution < 1.29 is 9.90 Å². The number of carboxylic acid groups (broad SMARTS) is 1. The minimum Gasteiger partial charge on any atom is -0.477 e. The molecule has 2 rings (SSSR count). The Labute approximate surface area is 98.2 Å². The second-order valence-electron chi connectivity index (χ2n) is 3.68. The molecule has 0 bridgehead atoms. The largest absolute Gasteiger partial charge is 0.477 e. The van der Waals surface area contributed by atoms with Gasteiger partial charge in [0.1, 0.15) is 4.88 Å². The highest BCUT2D eigenvalue weighted by atomic mass is 32.1. The first-order valence-electron chi connectivity index (χ1n) is 5.05. The number of thiophene rings is 1. The van der Waals surface area contributed by atoms with Crippen molar-refractivity contribution >= 4 is 17.3 Å². The van der Waals surface area contributed by atoms with Crippen LogP contribution in [0.15, 0.2) is 41.8 Å². The molecule has 0 aliphatic carbocycles. The Balaban J connectivity index is 2.27. The lowest BCUT2D eigenvalue weighted by atomic mass is 9.95. The molecule has 0 radical (unpaired) electrons. The van der Waals surface area contributed by atoms with Crippen LogP contribution in [0.25, 0.3) is 0 Å². The van der Waals surface area contributed by atoms with Crippen LogP contribution in [-0.4, -0.2) is 11.1 Å². The van der Waals surface area contributed by atoms with Gasteiger partial charge in [0, 0.05) is 5.92 Å². The highest BCUT2D eigenvalue weighted by molar-refractivity contribution is 7.12. The minimum absolute atomic E-state index is 0.241. The van der Waals surface area contributed by atoms with E-state index in [4.69, 9.17) is 5.11 Å². The van der Waals surface area contributed by atoms with Crippen molar-refractivity contribution in [2.45, 2.75) is 12.8 Å². The fourth-order valence-electron chi connectivity index (χ4n) is 1.62. The van der Waals surface area contributed by atoms with Crippen LogP contribution in [0.5, 0.6) is 0 Å². The fraction of sp³-hybridized carbons (Fsp3) is 0.154. The molecule has 0 amide bonds. The van der Waals surface area contributed by atoms with Gasteiger partial charge in [0.05, 0.1) is 0 Å². The molecule has 0 aliphatic rings. The number of hydrogen-bond acceptors (Lipinski definition) is 2. The number of benzene rings is 1. The van der Waals surface area contributed by atoms with Crippen LogP contribution in [0, 0.1) is 0 Å². The van der Waals surface area contributed by atoms with Crippen LogP contribution in [-0.2, 0) is 0 Å². The summed E-state index contributed by atoms with van der Waals surface area (Å²) in [5.74, 6) is -0.609. The first-order valence-corrected chi connectivity index (χ1v) is 5.93. The highest BCUT2D eigenvalue weighted by Gasteiger charge is 2.12. The zero-order chi connectivity index (χ0) is 11.5. The Morgan fingerprint density at radius 2 is 1.94 bits per heavy atom. The molecule has 3 heteroatoms. The standard InChI is InChI=1S/C13H12O2S/c1-9(10-5-3-2-4-6-10)11-7-12(13(14)15)16-8-11/h2-9H,1H3,(H,14,15). The number of aromatic carboxylic acids is 1. The van der Waals surface area contributed by atoms with Gasteiger partial charge in [0.15, 0.2) is 0 Å². The van der Waals surface area contributed by atoms with E-state index in [2.05, 4.69) is 19.1 Å². The van der Waals surface area contributed by atoms with Gasteiger partial charge in [-0.05, 0) is 22.6 Å². The van der Waals surface area contributed by atoms with E-state index in [1.165, 1.54) is 16.9 Å². The van der Waals surface area contributed by atoms with E-state index in [0.29, 0.717) is 4.88 Å². The van der Waals surface area contributed by atoms with E-state index in [9.17, 15) is 4.79 Å². The molecule has 2 aromatic rings.